The summed E-state index contributed by atoms with van der Waals surface area (Å²) in [6, 6.07) is 18.0. The third-order valence-corrected chi connectivity index (χ3v) is 5.00. The largest absolute Gasteiger partial charge is 0.332 e. The summed E-state index contributed by atoms with van der Waals surface area (Å²) in [5, 5.41) is 5.03. The molecule has 1 aliphatic rings. The molecule has 3 N–H and O–H groups in total. The first kappa shape index (κ1) is 19.1. The average molecular weight is 366 g/mol. The second kappa shape index (κ2) is 8.82. The monoisotopic (exact) mass is 366 g/mol. The summed E-state index contributed by atoms with van der Waals surface area (Å²) in [6.45, 7) is 5.48. The Hall–Kier alpha value is -2.66. The van der Waals surface area contributed by atoms with E-state index in [0.717, 1.165) is 24.3 Å². The Balaban J connectivity index is 1.55. The second-order valence-electron chi connectivity index (χ2n) is 7.36. The minimum absolute atomic E-state index is 0.0263. The van der Waals surface area contributed by atoms with Crippen molar-refractivity contribution in [2.75, 3.05) is 23.3 Å². The molecule has 1 atom stereocenters. The quantitative estimate of drug-likeness (QED) is 0.791. The van der Waals surface area contributed by atoms with Crippen LogP contribution in [0.4, 0.5) is 11.4 Å². The molecular formula is C22H28N3O2+. The van der Waals surface area contributed by atoms with Crippen LogP contribution in [0.25, 0.3) is 0 Å². The van der Waals surface area contributed by atoms with Crippen molar-refractivity contribution in [1.82, 2.24) is 0 Å². The normalized spacial score (nSPS) is 15.2. The number of anilines is 2. The number of quaternary nitrogens is 1. The van der Waals surface area contributed by atoms with Gasteiger partial charge < -0.3 is 15.5 Å². The molecule has 1 aliphatic heterocycles. The van der Waals surface area contributed by atoms with Gasteiger partial charge in [-0.15, -0.1) is 0 Å². The van der Waals surface area contributed by atoms with Crippen molar-refractivity contribution in [2.45, 2.75) is 32.7 Å². The van der Waals surface area contributed by atoms with Crippen LogP contribution in [0.1, 0.15) is 38.3 Å². The second-order valence-corrected chi connectivity index (χ2v) is 7.36. The van der Waals surface area contributed by atoms with Gasteiger partial charge in [0.15, 0.2) is 6.54 Å². The number of amides is 2. The molecule has 5 nitrogen and oxygen atoms in total. The number of carbonyl (C=O) groups is 2. The molecule has 1 fully saturated rings. The Morgan fingerprint density at radius 1 is 1.11 bits per heavy atom. The highest BCUT2D eigenvalue weighted by molar-refractivity contribution is 5.96. The van der Waals surface area contributed by atoms with Crippen LogP contribution in [-0.2, 0) is 9.59 Å². The van der Waals surface area contributed by atoms with Crippen molar-refractivity contribution >= 4 is 23.2 Å². The van der Waals surface area contributed by atoms with E-state index in [0.29, 0.717) is 18.9 Å². The SMILES string of the molecule is CC(C)[C@H]([NH2+]CC(=O)Nc1ccc(N2CCCC2=O)cc1)c1ccccc1. The summed E-state index contributed by atoms with van der Waals surface area (Å²) in [4.78, 5) is 26.0. The highest BCUT2D eigenvalue weighted by Gasteiger charge is 2.22. The van der Waals surface area contributed by atoms with Crippen LogP contribution in [0.3, 0.4) is 0 Å². The summed E-state index contributed by atoms with van der Waals surface area (Å²) < 4.78 is 0. The lowest BCUT2D eigenvalue weighted by atomic mass is 9.96. The van der Waals surface area contributed by atoms with Crippen LogP contribution >= 0.6 is 0 Å². The van der Waals surface area contributed by atoms with Crippen LogP contribution in [0, 0.1) is 5.92 Å². The number of benzene rings is 2. The van der Waals surface area contributed by atoms with E-state index >= 15 is 0 Å². The van der Waals surface area contributed by atoms with Gasteiger partial charge in [0.05, 0.1) is 0 Å². The van der Waals surface area contributed by atoms with Gasteiger partial charge >= 0.3 is 0 Å². The molecule has 0 aliphatic carbocycles. The van der Waals surface area contributed by atoms with Crippen molar-refractivity contribution in [3.8, 4) is 0 Å². The number of carbonyl (C=O) groups excluding carboxylic acids is 2. The van der Waals surface area contributed by atoms with Gasteiger partial charge in [-0.05, 0) is 30.7 Å². The maximum Gasteiger partial charge on any atom is 0.279 e. The summed E-state index contributed by atoms with van der Waals surface area (Å²) in [6.07, 6.45) is 1.53. The van der Waals surface area contributed by atoms with Crippen molar-refractivity contribution in [1.29, 1.82) is 0 Å². The van der Waals surface area contributed by atoms with Crippen molar-refractivity contribution < 1.29 is 14.9 Å². The molecule has 0 radical (unpaired) electrons. The summed E-state index contributed by atoms with van der Waals surface area (Å²) in [5.74, 6) is 0.570. The van der Waals surface area contributed by atoms with E-state index in [4.69, 9.17) is 0 Å². The minimum Gasteiger partial charge on any atom is -0.332 e. The zero-order valence-electron chi connectivity index (χ0n) is 16.0. The molecule has 1 saturated heterocycles. The lowest BCUT2D eigenvalue weighted by Crippen LogP contribution is -2.88. The zero-order chi connectivity index (χ0) is 19.2. The van der Waals surface area contributed by atoms with Crippen LogP contribution in [0.2, 0.25) is 0 Å². The molecule has 5 heteroatoms. The Morgan fingerprint density at radius 2 is 1.81 bits per heavy atom. The smallest absolute Gasteiger partial charge is 0.279 e. The van der Waals surface area contributed by atoms with E-state index in [1.807, 2.05) is 42.5 Å². The maximum atomic E-state index is 12.4. The number of rotatable bonds is 7. The van der Waals surface area contributed by atoms with Crippen molar-refractivity contribution in [2.24, 2.45) is 5.92 Å². The number of nitrogens with two attached hydrogens (primary N) is 1. The molecule has 2 aromatic carbocycles. The predicted octanol–water partition coefficient (Wildman–Crippen LogP) is 2.71. The first-order valence-corrected chi connectivity index (χ1v) is 9.63. The van der Waals surface area contributed by atoms with E-state index < -0.39 is 0 Å². The van der Waals surface area contributed by atoms with Crippen LogP contribution in [0.5, 0.6) is 0 Å². The van der Waals surface area contributed by atoms with Crippen molar-refractivity contribution in [3.63, 3.8) is 0 Å². The first-order chi connectivity index (χ1) is 13.0. The third-order valence-electron chi connectivity index (χ3n) is 5.00. The number of hydrogen-bond acceptors (Lipinski definition) is 2. The van der Waals surface area contributed by atoms with Crippen LogP contribution < -0.4 is 15.5 Å². The fraction of sp³-hybridized carbons (Fsp3) is 0.364. The Bertz CT molecular complexity index is 772. The van der Waals surface area contributed by atoms with Gasteiger partial charge in [0.2, 0.25) is 5.91 Å². The van der Waals surface area contributed by atoms with E-state index in [9.17, 15) is 9.59 Å². The Morgan fingerprint density at radius 3 is 2.41 bits per heavy atom. The molecule has 0 unspecified atom stereocenters. The van der Waals surface area contributed by atoms with Crippen LogP contribution in [0.15, 0.2) is 54.6 Å². The van der Waals surface area contributed by atoms with Gasteiger partial charge in [0.25, 0.3) is 5.91 Å². The maximum absolute atomic E-state index is 12.4. The van der Waals surface area contributed by atoms with Gasteiger partial charge in [0, 0.05) is 35.8 Å². The highest BCUT2D eigenvalue weighted by atomic mass is 16.2. The zero-order valence-corrected chi connectivity index (χ0v) is 16.0. The third kappa shape index (κ3) is 4.95. The van der Waals surface area contributed by atoms with Crippen molar-refractivity contribution in [3.05, 3.63) is 60.2 Å². The standard InChI is InChI=1S/C22H27N3O2/c1-16(2)22(17-7-4-3-5-8-17)23-15-20(26)24-18-10-12-19(13-11-18)25-14-6-9-21(25)27/h3-5,7-8,10-13,16,22-23H,6,9,14-15H2,1-2H3,(H,24,26)/p+1/t22-/m0/s1. The molecule has 3 rings (SSSR count). The van der Waals surface area contributed by atoms with Gasteiger partial charge in [-0.2, -0.15) is 0 Å². The summed E-state index contributed by atoms with van der Waals surface area (Å²) in [7, 11) is 0. The van der Waals surface area contributed by atoms with Gasteiger partial charge in [-0.3, -0.25) is 9.59 Å². The average Bonchev–Trinajstić information content (AvgIpc) is 3.09. The van der Waals surface area contributed by atoms with E-state index in [2.05, 4.69) is 36.6 Å². The molecule has 0 saturated carbocycles. The topological polar surface area (TPSA) is 66.0 Å². The van der Waals surface area contributed by atoms with Gasteiger partial charge in [-0.1, -0.05) is 44.2 Å². The fourth-order valence-electron chi connectivity index (χ4n) is 3.56. The molecule has 0 spiro atoms. The number of nitrogens with zero attached hydrogens (tertiary/aromatic N) is 1. The molecule has 1 heterocycles. The number of hydrogen-bond donors (Lipinski definition) is 2. The first-order valence-electron chi connectivity index (χ1n) is 9.63. The Kier molecular flexibility index (Phi) is 6.24. The van der Waals surface area contributed by atoms with E-state index in [1.165, 1.54) is 5.56 Å². The molecule has 142 valence electrons. The highest BCUT2D eigenvalue weighted by Crippen LogP contribution is 2.23. The minimum atomic E-state index is -0.0263. The lowest BCUT2D eigenvalue weighted by molar-refractivity contribution is -0.692. The molecule has 0 bridgehead atoms. The molecule has 27 heavy (non-hydrogen) atoms. The molecular weight excluding hydrogens is 338 g/mol. The molecule has 0 aromatic heterocycles. The van der Waals surface area contributed by atoms with Gasteiger partial charge in [-0.25, -0.2) is 0 Å². The molecule has 2 aromatic rings. The summed E-state index contributed by atoms with van der Waals surface area (Å²) in [5.41, 5.74) is 2.88. The van der Waals surface area contributed by atoms with E-state index in [1.54, 1.807) is 4.90 Å². The van der Waals surface area contributed by atoms with Crippen LogP contribution in [-0.4, -0.2) is 24.9 Å². The van der Waals surface area contributed by atoms with E-state index in [-0.39, 0.29) is 17.9 Å². The predicted molar refractivity (Wildman–Crippen MR) is 107 cm³/mol. The van der Waals surface area contributed by atoms with Gasteiger partial charge in [0.1, 0.15) is 6.04 Å². The summed E-state index contributed by atoms with van der Waals surface area (Å²) >= 11 is 0. The Labute approximate surface area is 160 Å². The number of nitrogens with one attached hydrogen (secondary N) is 1. The molecule has 2 amide bonds. The lowest BCUT2D eigenvalue weighted by Gasteiger charge is -2.19. The fourth-order valence-corrected chi connectivity index (χ4v) is 3.56.